The van der Waals surface area contributed by atoms with Crippen LogP contribution in [-0.4, -0.2) is 75.5 Å². The first-order chi connectivity index (χ1) is 20.0. The summed E-state index contributed by atoms with van der Waals surface area (Å²) < 4.78 is 13.1. The van der Waals surface area contributed by atoms with Gasteiger partial charge >= 0.3 is 0 Å². The Kier molecular flexibility index (Phi) is 6.72. The summed E-state index contributed by atoms with van der Waals surface area (Å²) in [5.74, 6) is 0.984. The highest BCUT2D eigenvalue weighted by Gasteiger charge is 2.50. The molecule has 2 saturated heterocycles. The minimum Gasteiger partial charge on any atom is -0.443 e. The van der Waals surface area contributed by atoms with Crippen molar-refractivity contribution in [3.63, 3.8) is 0 Å². The fourth-order valence-electron chi connectivity index (χ4n) is 6.52. The van der Waals surface area contributed by atoms with Gasteiger partial charge in [-0.25, -0.2) is 9.97 Å². The largest absolute Gasteiger partial charge is 0.443 e. The molecule has 3 aliphatic rings. The van der Waals surface area contributed by atoms with Crippen molar-refractivity contribution in [3.05, 3.63) is 66.0 Å². The molecule has 41 heavy (non-hydrogen) atoms. The molecular formula is C30H32N6O4S. The third kappa shape index (κ3) is 4.98. The second-order valence-corrected chi connectivity index (χ2v) is 12.4. The van der Waals surface area contributed by atoms with Crippen LogP contribution in [-0.2, 0) is 16.1 Å². The molecule has 7 rings (SSSR count). The van der Waals surface area contributed by atoms with Crippen molar-refractivity contribution in [3.8, 4) is 10.6 Å². The number of hydrogen-bond donors (Lipinski definition) is 1. The van der Waals surface area contributed by atoms with Crippen molar-refractivity contribution in [2.24, 2.45) is 5.41 Å². The summed E-state index contributed by atoms with van der Waals surface area (Å²) in [6, 6.07) is 10.3. The topological polar surface area (TPSA) is 106 Å². The average Bonchev–Trinajstić information content (AvgIpc) is 3.77. The number of anilines is 1. The molecule has 2 amide bonds. The van der Waals surface area contributed by atoms with E-state index in [2.05, 4.69) is 44.5 Å². The average molecular weight is 573 g/mol. The van der Waals surface area contributed by atoms with E-state index in [-0.39, 0.29) is 23.3 Å². The van der Waals surface area contributed by atoms with Crippen molar-refractivity contribution in [2.45, 2.75) is 31.8 Å². The lowest BCUT2D eigenvalue weighted by molar-refractivity contribution is -0.125. The molecule has 0 bridgehead atoms. The van der Waals surface area contributed by atoms with Gasteiger partial charge in [0.05, 0.1) is 40.2 Å². The Morgan fingerprint density at radius 3 is 2.80 bits per heavy atom. The maximum absolute atomic E-state index is 13.4. The minimum absolute atomic E-state index is 0.000183. The molecule has 0 unspecified atom stereocenters. The van der Waals surface area contributed by atoms with E-state index >= 15 is 0 Å². The molecule has 2 aliphatic heterocycles. The second-order valence-electron chi connectivity index (χ2n) is 11.3. The molecule has 1 spiro atoms. The molecule has 212 valence electrons. The maximum atomic E-state index is 13.4. The van der Waals surface area contributed by atoms with Gasteiger partial charge in [-0.2, -0.15) is 0 Å². The molecule has 5 heterocycles. The summed E-state index contributed by atoms with van der Waals surface area (Å²) in [7, 11) is 0. The van der Waals surface area contributed by atoms with Gasteiger partial charge in [0.15, 0.2) is 12.2 Å². The van der Waals surface area contributed by atoms with Gasteiger partial charge < -0.3 is 18.6 Å². The molecule has 0 atom stereocenters. The van der Waals surface area contributed by atoms with Gasteiger partial charge in [-0.3, -0.25) is 19.8 Å². The van der Waals surface area contributed by atoms with E-state index in [0.29, 0.717) is 16.6 Å². The second kappa shape index (κ2) is 10.6. The van der Waals surface area contributed by atoms with Crippen LogP contribution in [0.1, 0.15) is 40.5 Å². The lowest BCUT2D eigenvalue weighted by Gasteiger charge is -2.46. The quantitative estimate of drug-likeness (QED) is 0.323. The minimum atomic E-state index is -0.205. The van der Waals surface area contributed by atoms with E-state index in [4.69, 9.17) is 14.1 Å². The van der Waals surface area contributed by atoms with Gasteiger partial charge in [-0.1, -0.05) is 12.6 Å². The fourth-order valence-corrected chi connectivity index (χ4v) is 7.37. The van der Waals surface area contributed by atoms with Crippen LogP contribution >= 0.6 is 11.3 Å². The first kappa shape index (κ1) is 26.1. The lowest BCUT2D eigenvalue weighted by Crippen LogP contribution is -2.42. The summed E-state index contributed by atoms with van der Waals surface area (Å²) >= 11 is 1.36. The molecular weight excluding hydrogens is 540 g/mol. The van der Waals surface area contributed by atoms with Crippen molar-refractivity contribution >= 4 is 40.1 Å². The number of oxazole rings is 1. The Morgan fingerprint density at radius 1 is 1.17 bits per heavy atom. The van der Waals surface area contributed by atoms with Crippen LogP contribution in [0.15, 0.2) is 60.0 Å². The summed E-state index contributed by atoms with van der Waals surface area (Å²) in [5.41, 5.74) is 3.18. The zero-order valence-corrected chi connectivity index (χ0v) is 23.6. The van der Waals surface area contributed by atoms with Crippen LogP contribution in [0.5, 0.6) is 0 Å². The van der Waals surface area contributed by atoms with Gasteiger partial charge in [0, 0.05) is 38.8 Å². The lowest BCUT2D eigenvalue weighted by atomic mass is 9.64. The van der Waals surface area contributed by atoms with E-state index in [1.54, 1.807) is 12.3 Å². The number of rotatable bonds is 7. The Morgan fingerprint density at radius 2 is 2.02 bits per heavy atom. The normalized spacial score (nSPS) is 22.7. The molecule has 3 aromatic heterocycles. The number of ether oxygens (including phenoxy) is 1. The van der Waals surface area contributed by atoms with Gasteiger partial charge in [-0.15, -0.1) is 11.3 Å². The first-order valence-corrected chi connectivity index (χ1v) is 14.8. The molecule has 1 aromatic carbocycles. The number of fused-ring (bicyclic) bond motifs is 1. The van der Waals surface area contributed by atoms with Crippen molar-refractivity contribution in [1.82, 2.24) is 24.3 Å². The molecule has 11 heteroatoms. The summed E-state index contributed by atoms with van der Waals surface area (Å²) in [6.07, 6.45) is 7.28. The number of carbonyl (C=O) groups excluding carboxylic acids is 2. The standard InChI is InChI=1S/C30H32N6O4S/c1-2-27(37)35-8-7-30(18-35)14-21(15-30)36-23-4-3-20(17-34-9-11-39-12-10-34)13-22(23)32-29(36)33-28(38)26-6-5-25(41-26)24-16-31-19-40-24/h2-6,13,16,19,21H,1,7-12,14-15,17-18H2,(H,32,33,38)/t21-,30-. The van der Waals surface area contributed by atoms with Gasteiger partial charge in [-0.05, 0) is 60.6 Å². The van der Waals surface area contributed by atoms with E-state index in [1.165, 1.54) is 29.4 Å². The van der Waals surface area contributed by atoms with E-state index < -0.39 is 0 Å². The molecule has 10 nitrogen and oxygen atoms in total. The first-order valence-electron chi connectivity index (χ1n) is 14.0. The van der Waals surface area contributed by atoms with Gasteiger partial charge in [0.1, 0.15) is 0 Å². The number of benzene rings is 1. The van der Waals surface area contributed by atoms with Gasteiger partial charge in [0.2, 0.25) is 11.9 Å². The third-order valence-corrected chi connectivity index (χ3v) is 9.72. The van der Waals surface area contributed by atoms with E-state index in [9.17, 15) is 9.59 Å². The van der Waals surface area contributed by atoms with Crippen LogP contribution in [0.2, 0.25) is 0 Å². The van der Waals surface area contributed by atoms with Crippen LogP contribution in [0.3, 0.4) is 0 Å². The SMILES string of the molecule is C=CC(=O)N1CC[C@]2(C1)C[C@H](n1c(NC(=O)c3ccc(-c4cnco4)s3)nc3cc(CN4CCOCC4)ccc31)C2. The molecule has 3 fully saturated rings. The monoisotopic (exact) mass is 572 g/mol. The van der Waals surface area contributed by atoms with Crippen LogP contribution in [0.25, 0.3) is 21.7 Å². The summed E-state index contributed by atoms with van der Waals surface area (Å²) in [6.45, 7) is 9.36. The van der Waals surface area contributed by atoms with Crippen molar-refractivity contribution < 1.29 is 18.7 Å². The maximum Gasteiger partial charge on any atom is 0.268 e. The molecule has 1 saturated carbocycles. The summed E-state index contributed by atoms with van der Waals surface area (Å²) in [4.78, 5) is 40.3. The Bertz CT molecular complexity index is 1600. The molecule has 1 N–H and O–H groups in total. The van der Waals surface area contributed by atoms with Crippen LogP contribution in [0.4, 0.5) is 5.95 Å². The number of amides is 2. The smallest absolute Gasteiger partial charge is 0.268 e. The molecule has 4 aromatic rings. The fraction of sp³-hybridized carbons (Fsp3) is 0.400. The summed E-state index contributed by atoms with van der Waals surface area (Å²) in [5, 5.41) is 3.11. The predicted molar refractivity (Wildman–Crippen MR) is 156 cm³/mol. The number of thiophene rings is 1. The molecule has 0 radical (unpaired) electrons. The number of likely N-dealkylation sites (tertiary alicyclic amines) is 1. The third-order valence-electron chi connectivity index (χ3n) is 8.62. The highest BCUT2D eigenvalue weighted by Crippen LogP contribution is 2.55. The van der Waals surface area contributed by atoms with E-state index in [0.717, 1.165) is 81.1 Å². The highest BCUT2D eigenvalue weighted by atomic mass is 32.1. The Hall–Kier alpha value is -3.80. The number of morpholine rings is 1. The number of hydrogen-bond acceptors (Lipinski definition) is 8. The van der Waals surface area contributed by atoms with Gasteiger partial charge in [0.25, 0.3) is 5.91 Å². The number of aromatic nitrogens is 3. The van der Waals surface area contributed by atoms with Crippen LogP contribution < -0.4 is 5.32 Å². The van der Waals surface area contributed by atoms with Crippen molar-refractivity contribution in [2.75, 3.05) is 44.7 Å². The van der Waals surface area contributed by atoms with E-state index in [1.807, 2.05) is 11.0 Å². The van der Waals surface area contributed by atoms with Crippen LogP contribution in [0, 0.1) is 5.41 Å². The Labute approximate surface area is 241 Å². The Balaban J connectivity index is 1.16. The number of nitrogens with one attached hydrogen (secondary N) is 1. The zero-order valence-electron chi connectivity index (χ0n) is 22.8. The number of imidazole rings is 1. The predicted octanol–water partition coefficient (Wildman–Crippen LogP) is 4.58. The number of carbonyl (C=O) groups is 2. The highest BCUT2D eigenvalue weighted by molar-refractivity contribution is 7.17. The zero-order chi connectivity index (χ0) is 28.0. The van der Waals surface area contributed by atoms with Crippen molar-refractivity contribution in [1.29, 1.82) is 0 Å². The number of nitrogens with zero attached hydrogens (tertiary/aromatic N) is 5. The molecule has 1 aliphatic carbocycles.